The summed E-state index contributed by atoms with van der Waals surface area (Å²) in [5.74, 6) is -0.382. The molecule has 1 aliphatic heterocycles. The van der Waals surface area contributed by atoms with Gasteiger partial charge in [0.05, 0.1) is 34.2 Å². The first-order valence-corrected chi connectivity index (χ1v) is 6.90. The Kier molecular flexibility index (Phi) is 4.03. The van der Waals surface area contributed by atoms with Crippen molar-refractivity contribution in [1.29, 1.82) is 0 Å². The number of nitrogen functional groups attached to an aromatic ring is 1. The fourth-order valence-electron chi connectivity index (χ4n) is 2.40. The lowest BCUT2D eigenvalue weighted by molar-refractivity contribution is -0.100. The van der Waals surface area contributed by atoms with E-state index < -0.39 is 0 Å². The van der Waals surface area contributed by atoms with Crippen LogP contribution in [0.15, 0.2) is 16.6 Å². The standard InChI is InChI=1S/C13H18BrFN2O2/c1-13(2)7-17(5-8(6-18)19-13)12-3-9(14)10(15)4-11(12)16/h3-4,8,18H,5-7,16H2,1-2H3. The number of halogens is 2. The van der Waals surface area contributed by atoms with Crippen LogP contribution in [0.25, 0.3) is 0 Å². The van der Waals surface area contributed by atoms with Crippen LogP contribution in [0.4, 0.5) is 15.8 Å². The van der Waals surface area contributed by atoms with Crippen LogP contribution in [0.1, 0.15) is 13.8 Å². The maximum Gasteiger partial charge on any atom is 0.139 e. The number of hydrogen-bond acceptors (Lipinski definition) is 4. The molecule has 0 saturated carbocycles. The van der Waals surface area contributed by atoms with Crippen molar-refractivity contribution in [2.75, 3.05) is 30.3 Å². The fraction of sp³-hybridized carbons (Fsp3) is 0.538. The molecule has 1 heterocycles. The van der Waals surface area contributed by atoms with Crippen molar-refractivity contribution < 1.29 is 14.2 Å². The molecule has 1 atom stereocenters. The van der Waals surface area contributed by atoms with E-state index in [0.29, 0.717) is 23.2 Å². The zero-order valence-electron chi connectivity index (χ0n) is 11.0. The SMILES string of the molecule is CC1(C)CN(c2cc(Br)c(F)cc2N)CC(CO)O1. The first kappa shape index (κ1) is 14.6. The lowest BCUT2D eigenvalue weighted by atomic mass is 10.0. The second kappa shape index (κ2) is 5.26. The Morgan fingerprint density at radius 2 is 2.26 bits per heavy atom. The first-order chi connectivity index (χ1) is 8.82. The van der Waals surface area contributed by atoms with Gasteiger partial charge in [-0.2, -0.15) is 0 Å². The quantitative estimate of drug-likeness (QED) is 0.815. The molecule has 1 aromatic carbocycles. The minimum absolute atomic E-state index is 0.0534. The molecule has 1 fully saturated rings. The number of ether oxygens (including phenoxy) is 1. The summed E-state index contributed by atoms with van der Waals surface area (Å²) in [5, 5.41) is 9.30. The van der Waals surface area contributed by atoms with Crippen LogP contribution in [0.5, 0.6) is 0 Å². The molecule has 3 N–H and O–H groups in total. The number of aliphatic hydroxyl groups is 1. The van der Waals surface area contributed by atoms with Gasteiger partial charge in [0.1, 0.15) is 5.82 Å². The molecule has 1 aromatic rings. The normalized spacial score (nSPS) is 22.6. The molecule has 0 bridgehead atoms. The van der Waals surface area contributed by atoms with Crippen LogP contribution >= 0.6 is 15.9 Å². The van der Waals surface area contributed by atoms with Gasteiger partial charge < -0.3 is 20.5 Å². The first-order valence-electron chi connectivity index (χ1n) is 6.10. The molecule has 0 spiro atoms. The van der Waals surface area contributed by atoms with Crippen LogP contribution in [0, 0.1) is 5.82 Å². The Balaban J connectivity index is 2.33. The number of benzene rings is 1. The van der Waals surface area contributed by atoms with Crippen molar-refractivity contribution in [2.24, 2.45) is 0 Å². The molecule has 0 radical (unpaired) electrons. The highest BCUT2D eigenvalue weighted by Crippen LogP contribution is 2.33. The zero-order valence-corrected chi connectivity index (χ0v) is 12.6. The lowest BCUT2D eigenvalue weighted by Crippen LogP contribution is -2.54. The van der Waals surface area contributed by atoms with E-state index in [1.807, 2.05) is 18.7 Å². The van der Waals surface area contributed by atoms with Crippen LogP contribution in [0.2, 0.25) is 0 Å². The highest BCUT2D eigenvalue weighted by Gasteiger charge is 2.34. The highest BCUT2D eigenvalue weighted by molar-refractivity contribution is 9.10. The van der Waals surface area contributed by atoms with Crippen molar-refractivity contribution in [3.05, 3.63) is 22.4 Å². The summed E-state index contributed by atoms with van der Waals surface area (Å²) in [6, 6.07) is 2.97. The molecule has 106 valence electrons. The maximum atomic E-state index is 13.4. The molecule has 2 rings (SSSR count). The Morgan fingerprint density at radius 3 is 2.89 bits per heavy atom. The summed E-state index contributed by atoms with van der Waals surface area (Å²) >= 11 is 3.17. The Morgan fingerprint density at radius 1 is 1.58 bits per heavy atom. The smallest absolute Gasteiger partial charge is 0.139 e. The maximum absolute atomic E-state index is 13.4. The second-order valence-corrected chi connectivity index (χ2v) is 6.24. The molecule has 6 heteroatoms. The van der Waals surface area contributed by atoms with Gasteiger partial charge in [-0.25, -0.2) is 4.39 Å². The summed E-state index contributed by atoms with van der Waals surface area (Å²) < 4.78 is 19.5. The van der Waals surface area contributed by atoms with E-state index in [0.717, 1.165) is 5.69 Å². The molecular formula is C13H18BrFN2O2. The largest absolute Gasteiger partial charge is 0.397 e. The number of aliphatic hydroxyl groups excluding tert-OH is 1. The zero-order chi connectivity index (χ0) is 14.2. The molecule has 1 aliphatic rings. The van der Waals surface area contributed by atoms with Crippen molar-refractivity contribution in [3.63, 3.8) is 0 Å². The Labute approximate surface area is 120 Å². The number of hydrogen-bond donors (Lipinski definition) is 2. The number of morpholine rings is 1. The minimum atomic E-state index is -0.390. The van der Waals surface area contributed by atoms with E-state index in [4.69, 9.17) is 10.5 Å². The van der Waals surface area contributed by atoms with E-state index in [2.05, 4.69) is 15.9 Å². The van der Waals surface area contributed by atoms with Crippen LogP contribution in [-0.2, 0) is 4.74 Å². The molecule has 1 unspecified atom stereocenters. The van der Waals surface area contributed by atoms with Gasteiger partial charge in [0.2, 0.25) is 0 Å². The van der Waals surface area contributed by atoms with E-state index >= 15 is 0 Å². The number of rotatable bonds is 2. The predicted octanol–water partition coefficient (Wildman–Crippen LogP) is 2.15. The van der Waals surface area contributed by atoms with Gasteiger partial charge in [0.25, 0.3) is 0 Å². The monoisotopic (exact) mass is 332 g/mol. The average Bonchev–Trinajstić information content (AvgIpc) is 2.31. The molecule has 0 aromatic heterocycles. The van der Waals surface area contributed by atoms with Crippen molar-refractivity contribution >= 4 is 27.3 Å². The molecule has 1 saturated heterocycles. The topological polar surface area (TPSA) is 58.7 Å². The second-order valence-electron chi connectivity index (χ2n) is 5.39. The molecule has 0 aliphatic carbocycles. The lowest BCUT2D eigenvalue weighted by Gasteiger charge is -2.43. The van der Waals surface area contributed by atoms with Crippen LogP contribution in [0.3, 0.4) is 0 Å². The molecule has 0 amide bonds. The van der Waals surface area contributed by atoms with Crippen LogP contribution < -0.4 is 10.6 Å². The third-order valence-corrected chi connectivity index (χ3v) is 3.70. The molecular weight excluding hydrogens is 315 g/mol. The predicted molar refractivity (Wildman–Crippen MR) is 76.8 cm³/mol. The number of nitrogens with zero attached hydrogens (tertiary/aromatic N) is 1. The molecule has 19 heavy (non-hydrogen) atoms. The number of anilines is 2. The van der Waals surface area contributed by atoms with Gasteiger partial charge in [0.15, 0.2) is 0 Å². The van der Waals surface area contributed by atoms with Crippen molar-refractivity contribution in [3.8, 4) is 0 Å². The third kappa shape index (κ3) is 3.19. The van der Waals surface area contributed by atoms with Crippen molar-refractivity contribution in [2.45, 2.75) is 25.6 Å². The van der Waals surface area contributed by atoms with Crippen LogP contribution in [-0.4, -0.2) is 36.5 Å². The van der Waals surface area contributed by atoms with E-state index in [-0.39, 0.29) is 24.1 Å². The van der Waals surface area contributed by atoms with E-state index in [1.165, 1.54) is 6.07 Å². The van der Waals surface area contributed by atoms with Gasteiger partial charge in [0, 0.05) is 19.2 Å². The summed E-state index contributed by atoms with van der Waals surface area (Å²) in [5.41, 5.74) is 6.64. The number of nitrogens with two attached hydrogens (primary N) is 1. The van der Waals surface area contributed by atoms with Gasteiger partial charge in [-0.1, -0.05) is 0 Å². The summed E-state index contributed by atoms with van der Waals surface area (Å²) in [6.07, 6.45) is -0.271. The summed E-state index contributed by atoms with van der Waals surface area (Å²) in [6.45, 7) is 5.02. The van der Waals surface area contributed by atoms with Crippen molar-refractivity contribution in [1.82, 2.24) is 0 Å². The van der Waals surface area contributed by atoms with Gasteiger partial charge in [-0.15, -0.1) is 0 Å². The third-order valence-electron chi connectivity index (χ3n) is 3.10. The van der Waals surface area contributed by atoms with Gasteiger partial charge in [-0.3, -0.25) is 0 Å². The minimum Gasteiger partial charge on any atom is -0.397 e. The highest BCUT2D eigenvalue weighted by atomic mass is 79.9. The molecule has 4 nitrogen and oxygen atoms in total. The summed E-state index contributed by atoms with van der Waals surface area (Å²) in [4.78, 5) is 2.02. The van der Waals surface area contributed by atoms with E-state index in [9.17, 15) is 9.50 Å². The van der Waals surface area contributed by atoms with Gasteiger partial charge >= 0.3 is 0 Å². The summed E-state index contributed by atoms with van der Waals surface area (Å²) in [7, 11) is 0. The Hall–Kier alpha value is -0.850. The fourth-order valence-corrected chi connectivity index (χ4v) is 2.73. The van der Waals surface area contributed by atoms with Gasteiger partial charge in [-0.05, 0) is 35.8 Å². The average molecular weight is 333 g/mol. The Bertz CT molecular complexity index is 482. The van der Waals surface area contributed by atoms with E-state index in [1.54, 1.807) is 6.07 Å².